The minimum Gasteiger partial charge on any atom is -0.483 e. The summed E-state index contributed by atoms with van der Waals surface area (Å²) in [5.41, 5.74) is 4.38. The second kappa shape index (κ2) is 7.55. The van der Waals surface area contributed by atoms with Gasteiger partial charge in [-0.1, -0.05) is 19.9 Å². The Morgan fingerprint density at radius 2 is 1.97 bits per heavy atom. The number of carbonyl (C=O) groups is 1. The molecule has 2 aromatic rings. The number of hydrogen-bond acceptors (Lipinski definition) is 5. The minimum atomic E-state index is -0.610. The number of halogens is 2. The summed E-state index contributed by atoms with van der Waals surface area (Å²) in [4.78, 5) is 14.2. The van der Waals surface area contributed by atoms with Crippen molar-refractivity contribution in [3.63, 3.8) is 0 Å². The van der Waals surface area contributed by atoms with Crippen molar-refractivity contribution in [2.75, 3.05) is 24.6 Å². The van der Waals surface area contributed by atoms with E-state index in [9.17, 15) is 13.6 Å². The lowest BCUT2D eigenvalue weighted by molar-refractivity contribution is -0.122. The number of ether oxygens (including phenoxy) is 1. The summed E-state index contributed by atoms with van der Waals surface area (Å²) in [6.07, 6.45) is 0.826. The van der Waals surface area contributed by atoms with E-state index in [0.717, 1.165) is 25.1 Å². The Kier molecular flexibility index (Phi) is 4.93. The van der Waals surface area contributed by atoms with Crippen LogP contribution in [0.4, 0.5) is 14.5 Å². The van der Waals surface area contributed by atoms with Crippen molar-refractivity contribution in [2.24, 2.45) is 10.5 Å². The Morgan fingerprint density at radius 3 is 2.69 bits per heavy atom. The predicted octanol–water partition coefficient (Wildman–Crippen LogP) is 3.77. The zero-order valence-electron chi connectivity index (χ0n) is 18.3. The number of rotatable bonds is 2. The van der Waals surface area contributed by atoms with Crippen molar-refractivity contribution < 1.29 is 18.3 Å². The van der Waals surface area contributed by atoms with Crippen LogP contribution in [0, 0.1) is 17.0 Å². The number of hydrazone groups is 1. The highest BCUT2D eigenvalue weighted by atomic mass is 19.1. The van der Waals surface area contributed by atoms with Gasteiger partial charge >= 0.3 is 0 Å². The second-order valence-corrected chi connectivity index (χ2v) is 9.35. The molecule has 2 aromatic carbocycles. The molecule has 1 unspecified atom stereocenters. The van der Waals surface area contributed by atoms with E-state index in [0.29, 0.717) is 22.8 Å². The van der Waals surface area contributed by atoms with Gasteiger partial charge in [-0.15, -0.1) is 0 Å². The molecule has 0 radical (unpaired) electrons. The van der Waals surface area contributed by atoms with E-state index >= 15 is 0 Å². The third-order valence-corrected chi connectivity index (χ3v) is 6.83. The van der Waals surface area contributed by atoms with Crippen LogP contribution in [0.3, 0.4) is 0 Å². The maximum Gasteiger partial charge on any atom is 0.262 e. The van der Waals surface area contributed by atoms with Crippen molar-refractivity contribution in [1.82, 2.24) is 10.7 Å². The third kappa shape index (κ3) is 3.24. The van der Waals surface area contributed by atoms with E-state index in [4.69, 9.17) is 4.74 Å². The summed E-state index contributed by atoms with van der Waals surface area (Å²) in [6, 6.07) is 7.11. The molecule has 0 aliphatic carbocycles. The first kappa shape index (κ1) is 20.9. The smallest absolute Gasteiger partial charge is 0.262 e. The molecule has 2 N–H and O–H groups in total. The first-order valence-electron chi connectivity index (χ1n) is 10.9. The first-order chi connectivity index (χ1) is 15.3. The number of amidine groups is 1. The average Bonchev–Trinajstić information content (AvgIpc) is 2.75. The van der Waals surface area contributed by atoms with Gasteiger partial charge in [-0.2, -0.15) is 5.10 Å². The Hall–Kier alpha value is -3.00. The zero-order valence-corrected chi connectivity index (χ0v) is 18.3. The molecule has 3 aliphatic heterocycles. The Morgan fingerprint density at radius 1 is 1.22 bits per heavy atom. The third-order valence-electron chi connectivity index (χ3n) is 6.83. The maximum absolute atomic E-state index is 14.9. The number of hydrogen-bond donors (Lipinski definition) is 2. The lowest BCUT2D eigenvalue weighted by atomic mass is 9.69. The van der Waals surface area contributed by atoms with Gasteiger partial charge in [0.1, 0.15) is 30.0 Å². The number of carbonyl (C=O) groups excluding carboxylic acids is 1. The van der Waals surface area contributed by atoms with E-state index in [2.05, 4.69) is 29.7 Å². The summed E-state index contributed by atoms with van der Waals surface area (Å²) in [5, 5.41) is 7.57. The molecule has 3 heterocycles. The number of nitrogens with zero attached hydrogens (tertiary/aromatic N) is 2. The van der Waals surface area contributed by atoms with Gasteiger partial charge in [-0.3, -0.25) is 4.79 Å². The molecule has 6 nitrogen and oxygen atoms in total. The van der Waals surface area contributed by atoms with Gasteiger partial charge in [0.05, 0.1) is 11.3 Å². The Labute approximate surface area is 185 Å². The van der Waals surface area contributed by atoms with Crippen LogP contribution in [-0.4, -0.2) is 37.5 Å². The summed E-state index contributed by atoms with van der Waals surface area (Å²) in [5.74, 6) is -0.291. The van der Waals surface area contributed by atoms with Gasteiger partial charge in [0.15, 0.2) is 5.84 Å². The molecule has 3 aliphatic rings. The van der Waals surface area contributed by atoms with E-state index in [-0.39, 0.29) is 29.4 Å². The monoisotopic (exact) mass is 440 g/mol. The quantitative estimate of drug-likeness (QED) is 0.746. The van der Waals surface area contributed by atoms with Gasteiger partial charge in [-0.25, -0.2) is 14.2 Å². The van der Waals surface area contributed by atoms with Gasteiger partial charge in [-0.05, 0) is 66.6 Å². The standard InChI is InChI=1S/C24H26F2N4O2/c1-13-23(31)29-28-21-11-32-20-10-15(22-17(25)5-4-6-18(22)26)14(9-19(20)30(13)21)16-7-8-27-12-24(16,2)3/h4-6,9-10,13,16,27H,7-8,11-12H2,1-3H3,(H,29,31)/t13?,16-/m1/s1. The van der Waals surface area contributed by atoms with Crippen molar-refractivity contribution >= 4 is 17.4 Å². The Balaban J connectivity index is 1.76. The van der Waals surface area contributed by atoms with Crippen molar-refractivity contribution in [3.8, 4) is 16.9 Å². The zero-order chi connectivity index (χ0) is 22.6. The molecule has 0 aromatic heterocycles. The van der Waals surface area contributed by atoms with Crippen LogP contribution in [0.5, 0.6) is 5.75 Å². The lowest BCUT2D eigenvalue weighted by Gasteiger charge is -2.42. The maximum atomic E-state index is 14.9. The average molecular weight is 440 g/mol. The number of amides is 1. The number of anilines is 1. The van der Waals surface area contributed by atoms with Crippen LogP contribution in [0.25, 0.3) is 11.1 Å². The van der Waals surface area contributed by atoms with Crippen molar-refractivity contribution in [3.05, 3.63) is 47.5 Å². The Bertz CT molecular complexity index is 1110. The van der Waals surface area contributed by atoms with Crippen LogP contribution in [0.15, 0.2) is 35.4 Å². The van der Waals surface area contributed by atoms with E-state index < -0.39 is 17.7 Å². The molecular weight excluding hydrogens is 414 g/mol. The first-order valence-corrected chi connectivity index (χ1v) is 10.9. The highest BCUT2D eigenvalue weighted by Crippen LogP contribution is 2.49. The molecular formula is C24H26F2N4O2. The summed E-state index contributed by atoms with van der Waals surface area (Å²) in [7, 11) is 0. The van der Waals surface area contributed by atoms with Crippen molar-refractivity contribution in [2.45, 2.75) is 39.2 Å². The summed E-state index contributed by atoms with van der Waals surface area (Å²) in [6.45, 7) is 7.89. The van der Waals surface area contributed by atoms with Gasteiger partial charge in [0.25, 0.3) is 5.91 Å². The highest BCUT2D eigenvalue weighted by molar-refractivity contribution is 6.09. The molecule has 0 bridgehead atoms. The molecule has 0 spiro atoms. The number of fused-ring (bicyclic) bond motifs is 3. The van der Waals surface area contributed by atoms with Crippen LogP contribution in [0.2, 0.25) is 0 Å². The molecule has 2 atom stereocenters. The van der Waals surface area contributed by atoms with Crippen molar-refractivity contribution in [1.29, 1.82) is 0 Å². The molecule has 1 fully saturated rings. The number of nitrogens with one attached hydrogen (secondary N) is 2. The molecule has 8 heteroatoms. The largest absolute Gasteiger partial charge is 0.483 e. The normalized spacial score (nSPS) is 24.1. The topological polar surface area (TPSA) is 66.0 Å². The van der Waals surface area contributed by atoms with Gasteiger partial charge < -0.3 is 15.0 Å². The fraction of sp³-hybridized carbons (Fsp3) is 0.417. The molecule has 5 rings (SSSR count). The number of piperidine rings is 1. The van der Waals surface area contributed by atoms with E-state index in [1.807, 2.05) is 11.0 Å². The fourth-order valence-electron chi connectivity index (χ4n) is 5.10. The predicted molar refractivity (Wildman–Crippen MR) is 119 cm³/mol. The molecule has 0 saturated carbocycles. The molecule has 168 valence electrons. The van der Waals surface area contributed by atoms with Crippen LogP contribution >= 0.6 is 0 Å². The van der Waals surface area contributed by atoms with Crippen LogP contribution < -0.4 is 20.4 Å². The molecule has 32 heavy (non-hydrogen) atoms. The van der Waals surface area contributed by atoms with Gasteiger partial charge in [0, 0.05) is 6.54 Å². The number of benzene rings is 2. The summed E-state index contributed by atoms with van der Waals surface area (Å²) >= 11 is 0. The molecule has 1 amide bonds. The SMILES string of the molecule is CC1C(=O)NN=C2COc3cc(-c4c(F)cccc4F)c([C@H]4CCNCC4(C)C)cc3N21. The van der Waals surface area contributed by atoms with Crippen LogP contribution in [-0.2, 0) is 4.79 Å². The minimum absolute atomic E-state index is 0.0490. The summed E-state index contributed by atoms with van der Waals surface area (Å²) < 4.78 is 35.8. The van der Waals surface area contributed by atoms with Gasteiger partial charge in [0.2, 0.25) is 0 Å². The molecule has 1 saturated heterocycles. The lowest BCUT2D eigenvalue weighted by Crippen LogP contribution is -2.55. The van der Waals surface area contributed by atoms with E-state index in [1.165, 1.54) is 18.2 Å². The fourth-order valence-corrected chi connectivity index (χ4v) is 5.10. The van der Waals surface area contributed by atoms with E-state index in [1.54, 1.807) is 13.0 Å². The van der Waals surface area contributed by atoms with Crippen LogP contribution in [0.1, 0.15) is 38.7 Å². The second-order valence-electron chi connectivity index (χ2n) is 9.35. The highest BCUT2D eigenvalue weighted by Gasteiger charge is 2.39.